The number of piperidine rings is 1. The first kappa shape index (κ1) is 12.4. The second kappa shape index (κ2) is 6.02. The quantitative estimate of drug-likeness (QED) is 0.793. The number of likely N-dealkylation sites (tertiary alicyclic amines) is 1. The largest absolute Gasteiger partial charge is 0.318 e. The zero-order valence-electron chi connectivity index (χ0n) is 11.0. The summed E-state index contributed by atoms with van der Waals surface area (Å²) in [5.41, 5.74) is 0. The molecule has 2 nitrogen and oxygen atoms in total. The van der Waals surface area contributed by atoms with Gasteiger partial charge < -0.3 is 5.32 Å². The molecule has 0 amide bonds. The molecule has 1 aliphatic carbocycles. The van der Waals surface area contributed by atoms with Crippen LogP contribution in [0.15, 0.2) is 0 Å². The van der Waals surface area contributed by atoms with Gasteiger partial charge in [0.2, 0.25) is 0 Å². The number of rotatable bonds is 3. The molecule has 94 valence electrons. The van der Waals surface area contributed by atoms with Gasteiger partial charge in [-0.05, 0) is 58.0 Å². The van der Waals surface area contributed by atoms with Crippen molar-refractivity contribution in [1.29, 1.82) is 0 Å². The number of hydrogen-bond donors (Lipinski definition) is 1. The molecule has 2 fully saturated rings. The molecule has 1 saturated carbocycles. The lowest BCUT2D eigenvalue weighted by atomic mass is 9.85. The van der Waals surface area contributed by atoms with Crippen LogP contribution in [0, 0.1) is 5.92 Å². The highest BCUT2D eigenvalue weighted by atomic mass is 15.2. The molecule has 1 heterocycles. The molecule has 2 rings (SSSR count). The maximum atomic E-state index is 3.37. The van der Waals surface area contributed by atoms with E-state index in [0.717, 1.165) is 18.0 Å². The van der Waals surface area contributed by atoms with Crippen LogP contribution in [-0.4, -0.2) is 37.1 Å². The molecule has 1 atom stereocenters. The summed E-state index contributed by atoms with van der Waals surface area (Å²) in [5.74, 6) is 0.976. The highest BCUT2D eigenvalue weighted by molar-refractivity contribution is 4.86. The summed E-state index contributed by atoms with van der Waals surface area (Å²) in [7, 11) is 2.09. The van der Waals surface area contributed by atoms with Crippen molar-refractivity contribution in [3.63, 3.8) is 0 Å². The van der Waals surface area contributed by atoms with Crippen molar-refractivity contribution < 1.29 is 0 Å². The van der Waals surface area contributed by atoms with E-state index in [-0.39, 0.29) is 0 Å². The first-order valence-corrected chi connectivity index (χ1v) is 7.21. The molecule has 2 aliphatic rings. The fourth-order valence-corrected chi connectivity index (χ4v) is 3.53. The fraction of sp³-hybridized carbons (Fsp3) is 1.00. The van der Waals surface area contributed by atoms with E-state index in [1.807, 2.05) is 0 Å². The van der Waals surface area contributed by atoms with E-state index in [1.165, 1.54) is 58.0 Å². The maximum absolute atomic E-state index is 3.37. The van der Waals surface area contributed by atoms with Crippen LogP contribution in [0.3, 0.4) is 0 Å². The minimum atomic E-state index is 0.817. The predicted molar refractivity (Wildman–Crippen MR) is 69.7 cm³/mol. The van der Waals surface area contributed by atoms with Gasteiger partial charge in [-0.1, -0.05) is 13.3 Å². The molecule has 0 radical (unpaired) electrons. The Labute approximate surface area is 101 Å². The van der Waals surface area contributed by atoms with E-state index in [0.29, 0.717) is 0 Å². The number of nitrogens with one attached hydrogen (secondary N) is 1. The Morgan fingerprint density at radius 1 is 1.06 bits per heavy atom. The summed E-state index contributed by atoms with van der Waals surface area (Å²) in [4.78, 5) is 2.83. The minimum absolute atomic E-state index is 0.817. The van der Waals surface area contributed by atoms with Crippen molar-refractivity contribution >= 4 is 0 Å². The zero-order valence-corrected chi connectivity index (χ0v) is 11.0. The Morgan fingerprint density at radius 2 is 1.81 bits per heavy atom. The first-order chi connectivity index (χ1) is 7.81. The van der Waals surface area contributed by atoms with Gasteiger partial charge in [0.15, 0.2) is 0 Å². The van der Waals surface area contributed by atoms with Gasteiger partial charge >= 0.3 is 0 Å². The third-order valence-electron chi connectivity index (χ3n) is 4.57. The number of hydrogen-bond acceptors (Lipinski definition) is 2. The van der Waals surface area contributed by atoms with Gasteiger partial charge in [0.05, 0.1) is 0 Å². The molecular formula is C14H28N2. The van der Waals surface area contributed by atoms with Crippen LogP contribution in [-0.2, 0) is 0 Å². The van der Waals surface area contributed by atoms with Gasteiger partial charge in [0, 0.05) is 18.6 Å². The van der Waals surface area contributed by atoms with Gasteiger partial charge in [-0.15, -0.1) is 0 Å². The average molecular weight is 224 g/mol. The van der Waals surface area contributed by atoms with Crippen LogP contribution in [0.5, 0.6) is 0 Å². The first-order valence-electron chi connectivity index (χ1n) is 7.21. The molecule has 1 aliphatic heterocycles. The highest BCUT2D eigenvalue weighted by Crippen LogP contribution is 2.30. The van der Waals surface area contributed by atoms with E-state index < -0.39 is 0 Å². The standard InChI is InChI=1S/C14H28N2/c1-12-6-8-13(9-7-12)16-10-4-3-5-14(16)11-15-2/h12-15H,3-11H2,1-2H3. The second-order valence-electron chi connectivity index (χ2n) is 5.86. The summed E-state index contributed by atoms with van der Waals surface area (Å²) >= 11 is 0. The van der Waals surface area contributed by atoms with Crippen LogP contribution >= 0.6 is 0 Å². The van der Waals surface area contributed by atoms with E-state index in [4.69, 9.17) is 0 Å². The zero-order chi connectivity index (χ0) is 11.4. The Balaban J connectivity index is 1.89. The fourth-order valence-electron chi connectivity index (χ4n) is 3.53. The monoisotopic (exact) mass is 224 g/mol. The lowest BCUT2D eigenvalue weighted by Gasteiger charge is -2.43. The van der Waals surface area contributed by atoms with Crippen LogP contribution < -0.4 is 5.32 Å². The van der Waals surface area contributed by atoms with Gasteiger partial charge in [0.25, 0.3) is 0 Å². The van der Waals surface area contributed by atoms with Crippen molar-refractivity contribution in [2.45, 2.75) is 64.0 Å². The summed E-state index contributed by atoms with van der Waals surface area (Å²) in [6.45, 7) is 4.95. The molecular weight excluding hydrogens is 196 g/mol. The smallest absolute Gasteiger partial charge is 0.0223 e. The average Bonchev–Trinajstić information content (AvgIpc) is 2.32. The van der Waals surface area contributed by atoms with Crippen LogP contribution in [0.1, 0.15) is 51.9 Å². The maximum Gasteiger partial charge on any atom is 0.0223 e. The lowest BCUT2D eigenvalue weighted by molar-refractivity contribution is 0.0650. The molecule has 1 unspecified atom stereocenters. The summed E-state index contributed by atoms with van der Waals surface area (Å²) < 4.78 is 0. The van der Waals surface area contributed by atoms with Gasteiger partial charge in [-0.2, -0.15) is 0 Å². The molecule has 0 spiro atoms. The van der Waals surface area contributed by atoms with E-state index >= 15 is 0 Å². The van der Waals surface area contributed by atoms with Crippen LogP contribution in [0.25, 0.3) is 0 Å². The summed E-state index contributed by atoms with van der Waals surface area (Å²) in [6, 6.07) is 1.71. The lowest BCUT2D eigenvalue weighted by Crippen LogP contribution is -2.50. The Morgan fingerprint density at radius 3 is 2.50 bits per heavy atom. The Hall–Kier alpha value is -0.0800. The van der Waals surface area contributed by atoms with E-state index in [2.05, 4.69) is 24.2 Å². The third-order valence-corrected chi connectivity index (χ3v) is 4.57. The van der Waals surface area contributed by atoms with Gasteiger partial charge in [0.1, 0.15) is 0 Å². The molecule has 0 aromatic carbocycles. The molecule has 2 heteroatoms. The van der Waals surface area contributed by atoms with Crippen LogP contribution in [0.2, 0.25) is 0 Å². The normalized spacial score (nSPS) is 37.5. The van der Waals surface area contributed by atoms with Crippen molar-refractivity contribution in [2.75, 3.05) is 20.1 Å². The Kier molecular flexibility index (Phi) is 4.66. The molecule has 1 saturated heterocycles. The molecule has 16 heavy (non-hydrogen) atoms. The number of likely N-dealkylation sites (N-methyl/N-ethyl adjacent to an activating group) is 1. The van der Waals surface area contributed by atoms with Crippen molar-refractivity contribution in [3.05, 3.63) is 0 Å². The van der Waals surface area contributed by atoms with E-state index in [1.54, 1.807) is 0 Å². The second-order valence-corrected chi connectivity index (χ2v) is 5.86. The van der Waals surface area contributed by atoms with E-state index in [9.17, 15) is 0 Å². The SMILES string of the molecule is CNCC1CCCCN1C1CCC(C)CC1. The molecule has 0 aromatic rings. The molecule has 0 aromatic heterocycles. The minimum Gasteiger partial charge on any atom is -0.318 e. The van der Waals surface area contributed by atoms with Crippen LogP contribution in [0.4, 0.5) is 0 Å². The topological polar surface area (TPSA) is 15.3 Å². The molecule has 0 bridgehead atoms. The third kappa shape index (κ3) is 2.98. The van der Waals surface area contributed by atoms with Crippen molar-refractivity contribution in [1.82, 2.24) is 10.2 Å². The predicted octanol–water partition coefficient (Wildman–Crippen LogP) is 2.64. The summed E-state index contributed by atoms with van der Waals surface area (Å²) in [6.07, 6.45) is 10.1. The number of nitrogens with zero attached hydrogens (tertiary/aromatic N) is 1. The highest BCUT2D eigenvalue weighted by Gasteiger charge is 2.30. The van der Waals surface area contributed by atoms with Gasteiger partial charge in [-0.25, -0.2) is 0 Å². The summed E-state index contributed by atoms with van der Waals surface area (Å²) in [5, 5.41) is 3.37. The van der Waals surface area contributed by atoms with Crippen molar-refractivity contribution in [3.8, 4) is 0 Å². The molecule has 1 N–H and O–H groups in total. The van der Waals surface area contributed by atoms with Gasteiger partial charge in [-0.3, -0.25) is 4.90 Å². The van der Waals surface area contributed by atoms with Crippen molar-refractivity contribution in [2.24, 2.45) is 5.92 Å². The Bertz CT molecular complexity index is 195.